The van der Waals surface area contributed by atoms with E-state index in [2.05, 4.69) is 36.0 Å². The molecule has 30 heteroatoms. The standard InChI is InChI=1S/C35H46N10O17P2S/c1-3-4-6-23(46)43(2)19(11-18-14-65-17-41-18)34(48)61-27-20(58-32(26(27)47)45-16-40-25-30(37)38-15-39-31(25)45)13-57-64(53,54)62-28-21(12-56-63(50,51)52)59-33(29(28)60-24-7-5-10-55-24)44-9-8-22(36)42-35(44)49/h3,8-9,14-17,19-21,24,26-29,32-33,47H,1,4-7,10-13H2,2H3,(H,53,54)(H2,36,42,49)(H2,37,38,39)(H2,50,51,52)/t19?,20-,21+,24+,26+,27+,28+,29+,32+,33+/m0/s1. The number of esters is 1. The van der Waals surface area contributed by atoms with Gasteiger partial charge >= 0.3 is 27.3 Å². The third-order valence-electron chi connectivity index (χ3n) is 10.5. The molecule has 4 aromatic heterocycles. The van der Waals surface area contributed by atoms with Crippen molar-refractivity contribution in [2.24, 2.45) is 0 Å². The van der Waals surface area contributed by atoms with Crippen molar-refractivity contribution < 1.29 is 75.8 Å². The number of hydrogen-bond donors (Lipinski definition) is 6. The predicted octanol–water partition coefficient (Wildman–Crippen LogP) is -0.0593. The summed E-state index contributed by atoms with van der Waals surface area (Å²) in [4.78, 5) is 92.2. The molecular formula is C35H46N10O17P2S. The molecule has 0 spiro atoms. The normalized spacial score (nSPS) is 27.1. The van der Waals surface area contributed by atoms with Gasteiger partial charge in [0.15, 0.2) is 36.3 Å². The number of hydrogen-bond acceptors (Lipinski definition) is 22. The lowest BCUT2D eigenvalue weighted by molar-refractivity contribution is -0.181. The van der Waals surface area contributed by atoms with E-state index in [0.29, 0.717) is 25.0 Å². The van der Waals surface area contributed by atoms with Crippen LogP contribution in [0, 0.1) is 0 Å². The second-order valence-electron chi connectivity index (χ2n) is 14.8. The molecular weight excluding hydrogens is 926 g/mol. The summed E-state index contributed by atoms with van der Waals surface area (Å²) in [5.41, 5.74) is 13.0. The number of carbonyl (C=O) groups excluding carboxylic acids is 2. The number of aliphatic hydroxyl groups is 1. The van der Waals surface area contributed by atoms with Gasteiger partial charge in [0.05, 0.1) is 30.7 Å². The van der Waals surface area contributed by atoms with Gasteiger partial charge in [-0.25, -0.2) is 38.7 Å². The fraction of sp³-hybridized carbons (Fsp3) is 0.543. The number of phosphoric ester groups is 2. The van der Waals surface area contributed by atoms with E-state index in [1.54, 1.807) is 17.0 Å². The van der Waals surface area contributed by atoms with E-state index in [0.717, 1.165) is 10.9 Å². The van der Waals surface area contributed by atoms with Gasteiger partial charge < -0.3 is 59.8 Å². The Balaban J connectivity index is 1.17. The lowest BCUT2D eigenvalue weighted by atomic mass is 10.1. The number of carbonyl (C=O) groups is 2. The molecule has 2 unspecified atom stereocenters. The second kappa shape index (κ2) is 20.5. The number of allylic oxidation sites excluding steroid dienone is 1. The Bertz CT molecular complexity index is 2470. The highest BCUT2D eigenvalue weighted by Gasteiger charge is 2.54. The molecule has 3 aliphatic heterocycles. The first-order valence-corrected chi connectivity index (χ1v) is 23.7. The first kappa shape index (κ1) is 48.3. The monoisotopic (exact) mass is 972 g/mol. The number of likely N-dealkylation sites (N-methyl/N-ethyl adjacent to an activating group) is 1. The zero-order valence-electron chi connectivity index (χ0n) is 34.3. The van der Waals surface area contributed by atoms with Crippen LogP contribution >= 0.6 is 27.0 Å². The Kier molecular flexibility index (Phi) is 15.2. The number of nitrogens with two attached hydrogens (primary N) is 2. The number of phosphoric acid groups is 2. The van der Waals surface area contributed by atoms with Gasteiger partial charge in [-0.15, -0.1) is 17.9 Å². The van der Waals surface area contributed by atoms with E-state index in [4.69, 9.17) is 44.2 Å². The molecule has 27 nitrogen and oxygen atoms in total. The van der Waals surface area contributed by atoms with Crippen LogP contribution in [0.3, 0.4) is 0 Å². The minimum atomic E-state index is -5.42. The summed E-state index contributed by atoms with van der Waals surface area (Å²) < 4.78 is 73.5. The zero-order valence-corrected chi connectivity index (χ0v) is 36.9. The van der Waals surface area contributed by atoms with Crippen LogP contribution in [0.1, 0.15) is 43.8 Å². The van der Waals surface area contributed by atoms with E-state index in [-0.39, 0.29) is 42.2 Å². The van der Waals surface area contributed by atoms with Crippen LogP contribution in [-0.2, 0) is 62.4 Å². The molecule has 65 heavy (non-hydrogen) atoms. The van der Waals surface area contributed by atoms with Crippen molar-refractivity contribution in [1.82, 2.24) is 39.0 Å². The lowest BCUT2D eigenvalue weighted by Crippen LogP contribution is -2.48. The number of anilines is 2. The van der Waals surface area contributed by atoms with Gasteiger partial charge in [0, 0.05) is 44.5 Å². The number of aliphatic hydroxyl groups excluding tert-OH is 1. The number of aromatic nitrogens is 7. The summed E-state index contributed by atoms with van der Waals surface area (Å²) in [6.07, 6.45) is -7.56. The SMILES string of the molecule is C=CCCC(=O)N(C)C(Cc1cscn1)C(=O)O[C@H]1[C@@H](O)[C@H](n2cnc3c(N)ncnc32)O[C@H]1COP(=O)(O)O[C@H]1[C@@H](O[C@@H]2CCCO2)[C@H](n2ccc(N)nc2=O)O[C@@H]1COP(=O)(O)O. The first-order valence-electron chi connectivity index (χ1n) is 19.8. The Morgan fingerprint density at radius 2 is 1.82 bits per heavy atom. The molecule has 0 aliphatic carbocycles. The molecule has 0 aromatic carbocycles. The number of ether oxygens (including phenoxy) is 5. The second-order valence-corrected chi connectivity index (χ2v) is 18.2. The third kappa shape index (κ3) is 11.5. The van der Waals surface area contributed by atoms with E-state index >= 15 is 0 Å². The maximum Gasteiger partial charge on any atom is 0.472 e. The molecule has 1 amide bonds. The fourth-order valence-electron chi connectivity index (χ4n) is 7.30. The van der Waals surface area contributed by atoms with Gasteiger partial charge in [0.1, 0.15) is 54.2 Å². The van der Waals surface area contributed by atoms with Crippen molar-refractivity contribution in [3.8, 4) is 0 Å². The Morgan fingerprint density at radius 1 is 1.06 bits per heavy atom. The molecule has 4 aromatic rings. The first-order chi connectivity index (χ1) is 30.9. The Labute approximate surface area is 372 Å². The molecule has 0 bridgehead atoms. The summed E-state index contributed by atoms with van der Waals surface area (Å²) in [6.45, 7) is 2.03. The van der Waals surface area contributed by atoms with Gasteiger partial charge in [0.25, 0.3) is 0 Å². The molecule has 354 valence electrons. The van der Waals surface area contributed by atoms with Crippen LogP contribution in [-0.4, -0.2) is 146 Å². The molecule has 0 radical (unpaired) electrons. The van der Waals surface area contributed by atoms with Crippen LogP contribution in [0.5, 0.6) is 0 Å². The van der Waals surface area contributed by atoms with Gasteiger partial charge in [-0.2, -0.15) is 4.98 Å². The van der Waals surface area contributed by atoms with E-state index in [1.807, 2.05) is 0 Å². The van der Waals surface area contributed by atoms with E-state index in [9.17, 15) is 43.3 Å². The largest absolute Gasteiger partial charge is 0.472 e. The maximum atomic E-state index is 14.2. The Hall–Kier alpha value is -4.64. The molecule has 3 fully saturated rings. The quantitative estimate of drug-likeness (QED) is 0.0384. The molecule has 7 heterocycles. The number of nitrogen functional groups attached to an aromatic ring is 2. The summed E-state index contributed by atoms with van der Waals surface area (Å²) in [5, 5.41) is 13.5. The molecule has 11 atom stereocenters. The molecule has 3 aliphatic rings. The van der Waals surface area contributed by atoms with Crippen LogP contribution < -0.4 is 17.2 Å². The number of amides is 1. The van der Waals surface area contributed by atoms with E-state index < -0.39 is 108 Å². The molecule has 3 saturated heterocycles. The van der Waals surface area contributed by atoms with Crippen molar-refractivity contribution in [3.05, 3.63) is 64.6 Å². The van der Waals surface area contributed by atoms with Crippen LogP contribution in [0.25, 0.3) is 11.2 Å². The van der Waals surface area contributed by atoms with Crippen molar-refractivity contribution >= 4 is 61.7 Å². The number of nitrogens with zero attached hydrogens (tertiary/aromatic N) is 8. The predicted molar refractivity (Wildman–Crippen MR) is 221 cm³/mol. The van der Waals surface area contributed by atoms with Crippen LogP contribution in [0.15, 0.2) is 53.3 Å². The zero-order chi connectivity index (χ0) is 46.6. The molecule has 8 N–H and O–H groups in total. The summed E-state index contributed by atoms with van der Waals surface area (Å²) in [7, 11) is -9.20. The average molecular weight is 973 g/mol. The fourth-order valence-corrected chi connectivity index (χ4v) is 9.17. The van der Waals surface area contributed by atoms with Gasteiger partial charge in [-0.05, 0) is 18.9 Å². The van der Waals surface area contributed by atoms with Gasteiger partial charge in [-0.1, -0.05) is 6.08 Å². The summed E-state index contributed by atoms with van der Waals surface area (Å²) in [5.74, 6) is -1.57. The highest BCUT2D eigenvalue weighted by molar-refractivity contribution is 7.47. The summed E-state index contributed by atoms with van der Waals surface area (Å²) in [6, 6.07) is -0.0204. The number of imidazole rings is 1. The van der Waals surface area contributed by atoms with Crippen LogP contribution in [0.4, 0.5) is 11.6 Å². The third-order valence-corrected chi connectivity index (χ3v) is 12.6. The van der Waals surface area contributed by atoms with Crippen molar-refractivity contribution in [2.45, 2.75) is 93.5 Å². The minimum Gasteiger partial charge on any atom is -0.455 e. The highest BCUT2D eigenvalue weighted by Crippen LogP contribution is 2.51. The topological polar surface area (TPSA) is 370 Å². The van der Waals surface area contributed by atoms with Crippen molar-refractivity contribution in [1.29, 1.82) is 0 Å². The average Bonchev–Trinajstić information content (AvgIpc) is 4.12. The number of fused-ring (bicyclic) bond motifs is 1. The highest BCUT2D eigenvalue weighted by atomic mass is 32.1. The Morgan fingerprint density at radius 3 is 2.51 bits per heavy atom. The van der Waals surface area contributed by atoms with Crippen molar-refractivity contribution in [2.75, 3.05) is 38.3 Å². The summed E-state index contributed by atoms with van der Waals surface area (Å²) >= 11 is 1.26. The lowest BCUT2D eigenvalue weighted by Gasteiger charge is -2.30. The van der Waals surface area contributed by atoms with E-state index in [1.165, 1.54) is 46.4 Å². The minimum absolute atomic E-state index is 0.00144. The maximum absolute atomic E-state index is 14.2. The van der Waals surface area contributed by atoms with Crippen molar-refractivity contribution in [3.63, 3.8) is 0 Å². The number of thiazole rings is 1. The van der Waals surface area contributed by atoms with Gasteiger partial charge in [0.2, 0.25) is 5.91 Å². The van der Waals surface area contributed by atoms with Crippen LogP contribution in [0.2, 0.25) is 0 Å². The molecule has 7 rings (SSSR count). The molecule has 0 saturated carbocycles. The number of rotatable bonds is 20. The van der Waals surface area contributed by atoms with Gasteiger partial charge in [-0.3, -0.25) is 27.5 Å². The smallest absolute Gasteiger partial charge is 0.455 e.